The molecular formula is C16H15ClN4O. The lowest BCUT2D eigenvalue weighted by molar-refractivity contribution is 0.114. The zero-order chi connectivity index (χ0) is 15.4. The number of pyridine rings is 1. The van der Waals surface area contributed by atoms with Crippen LogP contribution in [0.4, 0.5) is 5.82 Å². The molecule has 112 valence electrons. The Morgan fingerprint density at radius 3 is 2.91 bits per heavy atom. The van der Waals surface area contributed by atoms with Crippen molar-refractivity contribution in [2.45, 2.75) is 6.10 Å². The van der Waals surface area contributed by atoms with Crippen LogP contribution in [0.25, 0.3) is 10.9 Å². The fraction of sp³-hybridized carbons (Fsp3) is 0.188. The highest BCUT2D eigenvalue weighted by molar-refractivity contribution is 6.31. The van der Waals surface area contributed by atoms with E-state index in [0.717, 1.165) is 22.3 Å². The minimum atomic E-state index is -0.166. The lowest BCUT2D eigenvalue weighted by Crippen LogP contribution is -2.15. The van der Waals surface area contributed by atoms with E-state index < -0.39 is 0 Å². The molecule has 0 saturated heterocycles. The Bertz CT molecular complexity index is 775. The second-order valence-corrected chi connectivity index (χ2v) is 5.15. The second kappa shape index (κ2) is 6.68. The van der Waals surface area contributed by atoms with Gasteiger partial charge in [-0.25, -0.2) is 9.97 Å². The minimum Gasteiger partial charge on any atom is -0.375 e. The van der Waals surface area contributed by atoms with Gasteiger partial charge in [-0.1, -0.05) is 29.8 Å². The molecule has 1 unspecified atom stereocenters. The number of nitrogens with zero attached hydrogens (tertiary/aromatic N) is 3. The molecule has 5 nitrogen and oxygen atoms in total. The lowest BCUT2D eigenvalue weighted by Gasteiger charge is -2.18. The van der Waals surface area contributed by atoms with Crippen LogP contribution in [0, 0.1) is 0 Å². The number of rotatable bonds is 5. The van der Waals surface area contributed by atoms with E-state index in [0.29, 0.717) is 11.6 Å². The number of methoxy groups -OCH3 is 1. The molecule has 0 fully saturated rings. The first kappa shape index (κ1) is 14.7. The molecule has 0 amide bonds. The number of hydrogen-bond acceptors (Lipinski definition) is 5. The van der Waals surface area contributed by atoms with E-state index in [-0.39, 0.29) is 6.10 Å². The summed E-state index contributed by atoms with van der Waals surface area (Å²) in [6.45, 7) is 0.550. The first-order chi connectivity index (χ1) is 10.8. The van der Waals surface area contributed by atoms with Gasteiger partial charge in [0.25, 0.3) is 0 Å². The van der Waals surface area contributed by atoms with Crippen LogP contribution in [-0.2, 0) is 4.74 Å². The van der Waals surface area contributed by atoms with Gasteiger partial charge in [0.2, 0.25) is 0 Å². The molecule has 0 saturated carbocycles. The molecule has 2 heterocycles. The first-order valence-corrected chi connectivity index (χ1v) is 7.23. The predicted octanol–water partition coefficient (Wildman–Crippen LogP) is 3.48. The molecule has 3 rings (SSSR count). The lowest BCUT2D eigenvalue weighted by atomic mass is 10.1. The van der Waals surface area contributed by atoms with Crippen molar-refractivity contribution in [3.8, 4) is 0 Å². The summed E-state index contributed by atoms with van der Waals surface area (Å²) in [6, 6.07) is 9.54. The number of fused-ring (bicyclic) bond motifs is 1. The third-order valence-corrected chi connectivity index (χ3v) is 3.77. The molecule has 1 aromatic carbocycles. The maximum atomic E-state index is 6.23. The number of hydrogen-bond donors (Lipinski definition) is 1. The van der Waals surface area contributed by atoms with Gasteiger partial charge in [0.1, 0.15) is 18.2 Å². The number of aromatic nitrogens is 3. The molecular weight excluding hydrogens is 300 g/mol. The van der Waals surface area contributed by atoms with E-state index in [2.05, 4.69) is 20.3 Å². The number of ether oxygens (including phenoxy) is 1. The summed E-state index contributed by atoms with van der Waals surface area (Å²) in [5.41, 5.74) is 1.74. The molecule has 1 N–H and O–H groups in total. The van der Waals surface area contributed by atoms with Crippen molar-refractivity contribution in [1.82, 2.24) is 15.0 Å². The van der Waals surface area contributed by atoms with Crippen molar-refractivity contribution < 1.29 is 4.74 Å². The highest BCUT2D eigenvalue weighted by Crippen LogP contribution is 2.26. The largest absolute Gasteiger partial charge is 0.375 e. The van der Waals surface area contributed by atoms with Crippen molar-refractivity contribution in [2.24, 2.45) is 0 Å². The van der Waals surface area contributed by atoms with Crippen LogP contribution in [0.15, 0.2) is 49.1 Å². The van der Waals surface area contributed by atoms with Gasteiger partial charge in [-0.3, -0.25) is 4.98 Å². The Labute approximate surface area is 133 Å². The molecule has 0 aliphatic heterocycles. The van der Waals surface area contributed by atoms with Crippen LogP contribution < -0.4 is 5.32 Å². The van der Waals surface area contributed by atoms with Gasteiger partial charge in [-0.15, -0.1) is 0 Å². The standard InChI is InChI=1S/C16H15ClN4O/c1-22-15(11-4-2-3-5-13(11)17)9-19-16-12-6-7-18-8-14(12)20-10-21-16/h2-8,10,15H,9H2,1H3,(H,19,20,21). The molecule has 2 aromatic heterocycles. The molecule has 0 aliphatic rings. The van der Waals surface area contributed by atoms with Crippen LogP contribution in [0.1, 0.15) is 11.7 Å². The van der Waals surface area contributed by atoms with Gasteiger partial charge in [-0.05, 0) is 12.1 Å². The molecule has 6 heteroatoms. The Balaban J connectivity index is 1.82. The Morgan fingerprint density at radius 1 is 1.23 bits per heavy atom. The van der Waals surface area contributed by atoms with Crippen molar-refractivity contribution in [2.75, 3.05) is 19.0 Å². The van der Waals surface area contributed by atoms with E-state index in [4.69, 9.17) is 16.3 Å². The van der Waals surface area contributed by atoms with E-state index in [1.807, 2.05) is 30.3 Å². The van der Waals surface area contributed by atoms with Crippen LogP contribution in [0.5, 0.6) is 0 Å². The van der Waals surface area contributed by atoms with E-state index in [9.17, 15) is 0 Å². The Hall–Kier alpha value is -2.24. The Kier molecular flexibility index (Phi) is 4.46. The van der Waals surface area contributed by atoms with Crippen molar-refractivity contribution in [1.29, 1.82) is 0 Å². The normalized spacial score (nSPS) is 12.3. The summed E-state index contributed by atoms with van der Waals surface area (Å²) >= 11 is 6.23. The highest BCUT2D eigenvalue weighted by atomic mass is 35.5. The summed E-state index contributed by atoms with van der Waals surface area (Å²) in [5, 5.41) is 4.91. The molecule has 0 aliphatic carbocycles. The summed E-state index contributed by atoms with van der Waals surface area (Å²) in [7, 11) is 1.66. The fourth-order valence-electron chi connectivity index (χ4n) is 2.29. The minimum absolute atomic E-state index is 0.166. The third-order valence-electron chi connectivity index (χ3n) is 3.43. The average Bonchev–Trinajstić information content (AvgIpc) is 2.57. The topological polar surface area (TPSA) is 59.9 Å². The molecule has 1 atom stereocenters. The zero-order valence-corrected chi connectivity index (χ0v) is 12.8. The molecule has 0 spiro atoms. The third kappa shape index (κ3) is 3.00. The van der Waals surface area contributed by atoms with Crippen LogP contribution in [0.3, 0.4) is 0 Å². The van der Waals surface area contributed by atoms with Gasteiger partial charge in [-0.2, -0.15) is 0 Å². The predicted molar refractivity (Wildman–Crippen MR) is 87.0 cm³/mol. The van der Waals surface area contributed by atoms with Crippen molar-refractivity contribution >= 4 is 28.3 Å². The van der Waals surface area contributed by atoms with Gasteiger partial charge in [0.05, 0.1) is 11.7 Å². The summed E-state index contributed by atoms with van der Waals surface area (Å²) in [4.78, 5) is 12.6. The second-order valence-electron chi connectivity index (χ2n) is 4.74. The first-order valence-electron chi connectivity index (χ1n) is 6.85. The maximum Gasteiger partial charge on any atom is 0.137 e. The van der Waals surface area contributed by atoms with Gasteiger partial charge >= 0.3 is 0 Å². The molecule has 0 bridgehead atoms. The van der Waals surface area contributed by atoms with E-state index >= 15 is 0 Å². The van der Waals surface area contributed by atoms with E-state index in [1.54, 1.807) is 19.5 Å². The molecule has 0 radical (unpaired) electrons. The van der Waals surface area contributed by atoms with Crippen molar-refractivity contribution in [3.63, 3.8) is 0 Å². The van der Waals surface area contributed by atoms with Gasteiger partial charge in [0.15, 0.2) is 0 Å². The number of anilines is 1. The summed E-state index contributed by atoms with van der Waals surface area (Å²) < 4.78 is 5.55. The monoisotopic (exact) mass is 314 g/mol. The Morgan fingerprint density at radius 2 is 2.09 bits per heavy atom. The highest BCUT2D eigenvalue weighted by Gasteiger charge is 2.14. The molecule has 3 aromatic rings. The molecule has 22 heavy (non-hydrogen) atoms. The quantitative estimate of drug-likeness (QED) is 0.781. The van der Waals surface area contributed by atoms with Crippen LogP contribution in [0.2, 0.25) is 5.02 Å². The van der Waals surface area contributed by atoms with Gasteiger partial charge < -0.3 is 10.1 Å². The number of nitrogens with one attached hydrogen (secondary N) is 1. The van der Waals surface area contributed by atoms with Crippen molar-refractivity contribution in [3.05, 3.63) is 59.6 Å². The summed E-state index contributed by atoms with van der Waals surface area (Å²) in [5.74, 6) is 0.751. The fourth-order valence-corrected chi connectivity index (χ4v) is 2.55. The van der Waals surface area contributed by atoms with Crippen LogP contribution in [-0.4, -0.2) is 28.6 Å². The smallest absolute Gasteiger partial charge is 0.137 e. The SMILES string of the molecule is COC(CNc1ncnc2cnccc12)c1ccccc1Cl. The van der Waals surface area contributed by atoms with E-state index in [1.165, 1.54) is 6.33 Å². The summed E-state index contributed by atoms with van der Waals surface area (Å²) in [6.07, 6.45) is 4.78. The number of halogens is 1. The van der Waals surface area contributed by atoms with Gasteiger partial charge in [0, 0.05) is 35.8 Å². The average molecular weight is 315 g/mol. The zero-order valence-electron chi connectivity index (χ0n) is 12.0. The number of benzene rings is 1. The maximum absolute atomic E-state index is 6.23. The van der Waals surface area contributed by atoms with Crippen LogP contribution >= 0.6 is 11.6 Å².